The Balaban J connectivity index is 1.38. The number of benzene rings is 3. The van der Waals surface area contributed by atoms with Gasteiger partial charge in [-0.25, -0.2) is 8.42 Å². The Kier molecular flexibility index (Phi) is 9.23. The highest BCUT2D eigenvalue weighted by Crippen LogP contribution is 2.36. The Bertz CT molecular complexity index is 1570. The summed E-state index contributed by atoms with van der Waals surface area (Å²) in [4.78, 5) is 6.37. The third kappa shape index (κ3) is 6.82. The molecule has 42 heavy (non-hydrogen) atoms. The molecule has 8 nitrogen and oxygen atoms in total. The first-order valence-corrected chi connectivity index (χ1v) is 15.5. The van der Waals surface area contributed by atoms with Crippen LogP contribution in [0.15, 0.2) is 102 Å². The highest BCUT2D eigenvalue weighted by atomic mass is 32.2. The Morgan fingerprint density at radius 3 is 2.38 bits per heavy atom. The zero-order chi connectivity index (χ0) is 29.7. The van der Waals surface area contributed by atoms with Gasteiger partial charge < -0.3 is 14.6 Å². The van der Waals surface area contributed by atoms with Gasteiger partial charge in [-0.05, 0) is 79.2 Å². The minimum absolute atomic E-state index is 0.106. The smallest absolute Gasteiger partial charge is 0.247 e. The number of sulfonamides is 1. The number of hydrogen-bond acceptors (Lipinski definition) is 7. The largest absolute Gasteiger partial charge is 0.487 e. The Hall–Kier alpha value is -3.76. The van der Waals surface area contributed by atoms with Crippen LogP contribution in [0.25, 0.3) is 11.1 Å². The maximum atomic E-state index is 13.8. The molecule has 0 radical (unpaired) electrons. The first-order chi connectivity index (χ1) is 20.2. The molecule has 220 valence electrons. The predicted octanol–water partition coefficient (Wildman–Crippen LogP) is 5.44. The standard InChI is InChI=1S/C33H37N3O5S/c1-24-20-36(25(2)23-37)42(38,39)33-14-11-28(27-15-17-34-18-16-27)19-31(33)41-32(24)22-35(3)21-26-9-12-30(13-10-26)40-29-7-5-4-6-8-29/h4-19,24-25,32,37H,20-23H2,1-3H3/t24-,25-,32-/m1/s1. The van der Waals surface area contributed by atoms with E-state index in [9.17, 15) is 13.5 Å². The zero-order valence-electron chi connectivity index (χ0n) is 24.1. The molecule has 0 saturated carbocycles. The number of pyridine rings is 1. The van der Waals surface area contributed by atoms with Crippen molar-refractivity contribution in [2.45, 2.75) is 37.4 Å². The number of rotatable bonds is 9. The lowest BCUT2D eigenvalue weighted by Crippen LogP contribution is -2.49. The monoisotopic (exact) mass is 587 g/mol. The van der Waals surface area contributed by atoms with Gasteiger partial charge in [-0.3, -0.25) is 9.88 Å². The van der Waals surface area contributed by atoms with Gasteiger partial charge in [0.1, 0.15) is 28.2 Å². The number of para-hydroxylation sites is 1. The van der Waals surface area contributed by atoms with Crippen LogP contribution in [0, 0.1) is 5.92 Å². The highest BCUT2D eigenvalue weighted by molar-refractivity contribution is 7.89. The summed E-state index contributed by atoms with van der Waals surface area (Å²) in [5.74, 6) is 1.73. The van der Waals surface area contributed by atoms with Crippen molar-refractivity contribution in [2.75, 3.05) is 26.7 Å². The fourth-order valence-corrected chi connectivity index (χ4v) is 6.96. The average Bonchev–Trinajstić information content (AvgIpc) is 3.00. The van der Waals surface area contributed by atoms with Crippen LogP contribution in [0.5, 0.6) is 17.2 Å². The van der Waals surface area contributed by atoms with Crippen LogP contribution in [0.1, 0.15) is 19.4 Å². The van der Waals surface area contributed by atoms with Crippen molar-refractivity contribution < 1.29 is 23.0 Å². The van der Waals surface area contributed by atoms with E-state index >= 15 is 0 Å². The average molecular weight is 588 g/mol. The van der Waals surface area contributed by atoms with E-state index in [0.717, 1.165) is 28.2 Å². The molecule has 5 rings (SSSR count). The number of fused-ring (bicyclic) bond motifs is 1. The van der Waals surface area contributed by atoms with Gasteiger partial charge in [0, 0.05) is 44.0 Å². The lowest BCUT2D eigenvalue weighted by atomic mass is 10.0. The molecular weight excluding hydrogens is 550 g/mol. The zero-order valence-corrected chi connectivity index (χ0v) is 24.9. The van der Waals surface area contributed by atoms with E-state index in [0.29, 0.717) is 18.8 Å². The van der Waals surface area contributed by atoms with Gasteiger partial charge in [0.25, 0.3) is 0 Å². The second kappa shape index (κ2) is 13.0. The normalized spacial score (nSPS) is 19.3. The molecule has 0 fully saturated rings. The number of likely N-dealkylation sites (N-methyl/N-ethyl adjacent to an activating group) is 1. The van der Waals surface area contributed by atoms with Crippen molar-refractivity contribution >= 4 is 10.0 Å². The molecule has 0 bridgehead atoms. The molecule has 0 aliphatic carbocycles. The summed E-state index contributed by atoms with van der Waals surface area (Å²) in [6.45, 7) is 4.94. The quantitative estimate of drug-likeness (QED) is 0.279. The van der Waals surface area contributed by atoms with E-state index in [4.69, 9.17) is 9.47 Å². The molecular formula is C33H37N3O5S. The molecule has 1 aliphatic heterocycles. The minimum Gasteiger partial charge on any atom is -0.487 e. The SMILES string of the molecule is C[C@@H]1CN([C@H](C)CO)S(=O)(=O)c2ccc(-c3ccncc3)cc2O[C@@H]1CN(C)Cc1ccc(Oc2ccccc2)cc1. The molecule has 0 unspecified atom stereocenters. The van der Waals surface area contributed by atoms with Crippen LogP contribution in [0.2, 0.25) is 0 Å². The predicted molar refractivity (Wildman–Crippen MR) is 163 cm³/mol. The van der Waals surface area contributed by atoms with Gasteiger partial charge >= 0.3 is 0 Å². The third-order valence-corrected chi connectivity index (χ3v) is 9.55. The number of aliphatic hydroxyl groups excluding tert-OH is 1. The molecule has 2 heterocycles. The van der Waals surface area contributed by atoms with Crippen LogP contribution in [0.4, 0.5) is 0 Å². The van der Waals surface area contributed by atoms with E-state index in [-0.39, 0.29) is 30.1 Å². The maximum absolute atomic E-state index is 13.8. The Labute approximate surface area is 248 Å². The molecule has 9 heteroatoms. The number of aliphatic hydroxyl groups is 1. The summed E-state index contributed by atoms with van der Waals surface area (Å²) in [7, 11) is -1.87. The van der Waals surface area contributed by atoms with Crippen LogP contribution in [0.3, 0.4) is 0 Å². The first kappa shape index (κ1) is 29.7. The van der Waals surface area contributed by atoms with Crippen molar-refractivity contribution in [3.05, 3.63) is 103 Å². The number of hydrogen-bond donors (Lipinski definition) is 1. The maximum Gasteiger partial charge on any atom is 0.247 e. The second-order valence-electron chi connectivity index (χ2n) is 10.9. The van der Waals surface area contributed by atoms with Gasteiger partial charge in [0.2, 0.25) is 10.0 Å². The van der Waals surface area contributed by atoms with Crippen molar-refractivity contribution in [3.8, 4) is 28.4 Å². The topological polar surface area (TPSA) is 92.2 Å². The molecule has 0 amide bonds. The molecule has 4 aromatic rings. The molecule has 0 spiro atoms. The second-order valence-corrected chi connectivity index (χ2v) is 12.8. The van der Waals surface area contributed by atoms with Crippen molar-refractivity contribution in [2.24, 2.45) is 5.92 Å². The van der Waals surface area contributed by atoms with Crippen molar-refractivity contribution in [1.29, 1.82) is 0 Å². The molecule has 1 N–H and O–H groups in total. The van der Waals surface area contributed by atoms with E-state index in [2.05, 4.69) is 9.88 Å². The van der Waals surface area contributed by atoms with Gasteiger partial charge in [-0.1, -0.05) is 43.3 Å². The van der Waals surface area contributed by atoms with E-state index in [1.165, 1.54) is 4.31 Å². The summed E-state index contributed by atoms with van der Waals surface area (Å²) in [6.07, 6.45) is 3.11. The summed E-state index contributed by atoms with van der Waals surface area (Å²) in [6, 6.07) is 26.1. The lowest BCUT2D eigenvalue weighted by molar-refractivity contribution is 0.0734. The lowest BCUT2D eigenvalue weighted by Gasteiger charge is -2.37. The minimum atomic E-state index is -3.90. The Morgan fingerprint density at radius 2 is 1.69 bits per heavy atom. The third-order valence-electron chi connectivity index (χ3n) is 7.53. The molecule has 1 aromatic heterocycles. The van der Waals surface area contributed by atoms with Crippen LogP contribution in [-0.4, -0.2) is 66.6 Å². The summed E-state index contributed by atoms with van der Waals surface area (Å²) >= 11 is 0. The van der Waals surface area contributed by atoms with Gasteiger partial charge in [-0.2, -0.15) is 4.31 Å². The van der Waals surface area contributed by atoms with Crippen LogP contribution in [-0.2, 0) is 16.6 Å². The number of nitrogens with zero attached hydrogens (tertiary/aromatic N) is 3. The summed E-state index contributed by atoms with van der Waals surface area (Å²) in [5, 5.41) is 9.93. The van der Waals surface area contributed by atoms with Gasteiger partial charge in [-0.15, -0.1) is 0 Å². The van der Waals surface area contributed by atoms with Crippen molar-refractivity contribution in [1.82, 2.24) is 14.2 Å². The summed E-state index contributed by atoms with van der Waals surface area (Å²) in [5.41, 5.74) is 2.87. The fraction of sp³-hybridized carbons (Fsp3) is 0.303. The molecule has 1 aliphatic rings. The van der Waals surface area contributed by atoms with Gasteiger partial charge in [0.05, 0.1) is 6.61 Å². The molecule has 0 saturated heterocycles. The molecule has 3 atom stereocenters. The van der Waals surface area contributed by atoms with Crippen molar-refractivity contribution in [3.63, 3.8) is 0 Å². The molecule has 3 aromatic carbocycles. The Morgan fingerprint density at radius 1 is 1.00 bits per heavy atom. The first-order valence-electron chi connectivity index (χ1n) is 14.1. The van der Waals surface area contributed by atoms with E-state index in [1.54, 1.807) is 37.5 Å². The summed E-state index contributed by atoms with van der Waals surface area (Å²) < 4.78 is 41.5. The van der Waals surface area contributed by atoms with Crippen LogP contribution >= 0.6 is 0 Å². The fourth-order valence-electron chi connectivity index (χ4n) is 5.14. The number of aromatic nitrogens is 1. The van der Waals surface area contributed by atoms with E-state index in [1.807, 2.05) is 80.7 Å². The van der Waals surface area contributed by atoms with Crippen LogP contribution < -0.4 is 9.47 Å². The van der Waals surface area contributed by atoms with Gasteiger partial charge in [0.15, 0.2) is 0 Å². The highest BCUT2D eigenvalue weighted by Gasteiger charge is 2.38. The number of ether oxygens (including phenoxy) is 2. The van der Waals surface area contributed by atoms with E-state index < -0.39 is 16.1 Å².